The van der Waals surface area contributed by atoms with Gasteiger partial charge in [0.25, 0.3) is 0 Å². The molecule has 1 saturated carbocycles. The number of hydrogen-bond acceptors (Lipinski definition) is 3. The van der Waals surface area contributed by atoms with Crippen molar-refractivity contribution in [1.82, 2.24) is 15.5 Å². The number of hydrogen-bond donors (Lipinski definition) is 2. The first-order valence-electron chi connectivity index (χ1n) is 8.91. The summed E-state index contributed by atoms with van der Waals surface area (Å²) in [5, 5.41) is 7.06. The Morgan fingerprint density at radius 2 is 1.88 bits per heavy atom. The maximum absolute atomic E-state index is 5.25. The first-order chi connectivity index (χ1) is 11.6. The van der Waals surface area contributed by atoms with Gasteiger partial charge in [0.05, 0.1) is 13.2 Å². The Hall–Kier alpha value is -1.75. The lowest BCUT2D eigenvalue weighted by atomic mass is 9.96. The minimum atomic E-state index is 0.279. The maximum Gasteiger partial charge on any atom is 0.191 e. The molecule has 1 unspecified atom stereocenters. The zero-order valence-corrected chi connectivity index (χ0v) is 15.5. The van der Waals surface area contributed by atoms with E-state index < -0.39 is 0 Å². The lowest BCUT2D eigenvalue weighted by Gasteiger charge is -2.28. The normalized spacial score (nSPS) is 17.6. The highest BCUT2D eigenvalue weighted by molar-refractivity contribution is 5.80. The molecule has 2 rings (SSSR count). The van der Waals surface area contributed by atoms with Gasteiger partial charge in [0.1, 0.15) is 5.75 Å². The molecule has 5 heteroatoms. The molecular formula is C19H32N4O. The molecule has 0 aromatic heterocycles. The van der Waals surface area contributed by atoms with Crippen molar-refractivity contribution >= 4 is 5.96 Å². The number of methoxy groups -OCH3 is 1. The van der Waals surface area contributed by atoms with E-state index in [-0.39, 0.29) is 6.04 Å². The number of guanidine groups is 1. The van der Waals surface area contributed by atoms with E-state index in [1.54, 1.807) is 7.11 Å². The zero-order chi connectivity index (χ0) is 17.4. The van der Waals surface area contributed by atoms with Crippen LogP contribution in [0.4, 0.5) is 0 Å². The molecule has 0 radical (unpaired) electrons. The van der Waals surface area contributed by atoms with Crippen molar-refractivity contribution in [2.45, 2.75) is 44.2 Å². The number of ether oxygens (including phenoxy) is 1. The standard InChI is InChI=1S/C19H32N4O/c1-20-19(22-16-8-6-5-7-9-16)21-14-18(23(2)3)15-10-12-17(24-4)13-11-15/h10-13,16,18H,5-9,14H2,1-4H3,(H2,20,21,22). The summed E-state index contributed by atoms with van der Waals surface area (Å²) < 4.78 is 5.25. The molecule has 0 spiro atoms. The molecule has 0 bridgehead atoms. The minimum Gasteiger partial charge on any atom is -0.497 e. The second-order valence-electron chi connectivity index (χ2n) is 6.68. The Morgan fingerprint density at radius 1 is 1.21 bits per heavy atom. The Morgan fingerprint density at radius 3 is 2.42 bits per heavy atom. The average Bonchev–Trinajstić information content (AvgIpc) is 2.62. The topological polar surface area (TPSA) is 48.9 Å². The van der Waals surface area contributed by atoms with E-state index in [4.69, 9.17) is 4.74 Å². The van der Waals surface area contributed by atoms with E-state index in [9.17, 15) is 0 Å². The monoisotopic (exact) mass is 332 g/mol. The molecule has 24 heavy (non-hydrogen) atoms. The number of benzene rings is 1. The van der Waals surface area contributed by atoms with Crippen LogP contribution in [0.2, 0.25) is 0 Å². The summed E-state index contributed by atoms with van der Waals surface area (Å²) in [6.07, 6.45) is 6.50. The van der Waals surface area contributed by atoms with Gasteiger partial charge in [-0.1, -0.05) is 31.4 Å². The first-order valence-corrected chi connectivity index (χ1v) is 8.91. The van der Waals surface area contributed by atoms with E-state index in [1.807, 2.05) is 19.2 Å². The highest BCUT2D eigenvalue weighted by Crippen LogP contribution is 2.21. The highest BCUT2D eigenvalue weighted by atomic mass is 16.5. The molecule has 0 aliphatic heterocycles. The second kappa shape index (κ2) is 9.52. The van der Waals surface area contributed by atoms with E-state index in [1.165, 1.54) is 37.7 Å². The average molecular weight is 332 g/mol. The number of rotatable bonds is 6. The zero-order valence-electron chi connectivity index (χ0n) is 15.5. The van der Waals surface area contributed by atoms with Gasteiger partial charge < -0.3 is 20.3 Å². The molecule has 0 heterocycles. The van der Waals surface area contributed by atoms with E-state index >= 15 is 0 Å². The van der Waals surface area contributed by atoms with Crippen LogP contribution in [0, 0.1) is 0 Å². The largest absolute Gasteiger partial charge is 0.497 e. The van der Waals surface area contributed by atoms with Gasteiger partial charge in [-0.3, -0.25) is 4.99 Å². The fraction of sp³-hybridized carbons (Fsp3) is 0.632. The van der Waals surface area contributed by atoms with Gasteiger partial charge in [-0.05, 0) is 44.6 Å². The predicted octanol–water partition coefficient (Wildman–Crippen LogP) is 2.80. The van der Waals surface area contributed by atoms with Crippen LogP contribution >= 0.6 is 0 Å². The quantitative estimate of drug-likeness (QED) is 0.621. The van der Waals surface area contributed by atoms with Crippen LogP contribution < -0.4 is 15.4 Å². The van der Waals surface area contributed by atoms with Gasteiger partial charge in [0, 0.05) is 19.6 Å². The van der Waals surface area contributed by atoms with Crippen LogP contribution in [0.3, 0.4) is 0 Å². The summed E-state index contributed by atoms with van der Waals surface area (Å²) in [6.45, 7) is 0.811. The maximum atomic E-state index is 5.25. The summed E-state index contributed by atoms with van der Waals surface area (Å²) in [6, 6.07) is 9.12. The van der Waals surface area contributed by atoms with Gasteiger partial charge in [0.2, 0.25) is 0 Å². The summed E-state index contributed by atoms with van der Waals surface area (Å²) in [5.41, 5.74) is 1.27. The summed E-state index contributed by atoms with van der Waals surface area (Å²) in [5.74, 6) is 1.79. The van der Waals surface area contributed by atoms with E-state index in [2.05, 4.69) is 46.8 Å². The number of nitrogens with zero attached hydrogens (tertiary/aromatic N) is 2. The minimum absolute atomic E-state index is 0.279. The molecule has 0 amide bonds. The third kappa shape index (κ3) is 5.41. The van der Waals surface area contributed by atoms with Crippen LogP contribution in [-0.4, -0.2) is 51.7 Å². The molecule has 5 nitrogen and oxygen atoms in total. The van der Waals surface area contributed by atoms with Gasteiger partial charge in [-0.2, -0.15) is 0 Å². The van der Waals surface area contributed by atoms with Crippen LogP contribution in [-0.2, 0) is 0 Å². The van der Waals surface area contributed by atoms with Crippen molar-refractivity contribution in [3.63, 3.8) is 0 Å². The smallest absolute Gasteiger partial charge is 0.191 e. The van der Waals surface area contributed by atoms with E-state index in [0.29, 0.717) is 6.04 Å². The Labute approximate surface area is 146 Å². The molecule has 1 aliphatic carbocycles. The van der Waals surface area contributed by atoms with E-state index in [0.717, 1.165) is 18.3 Å². The molecular weight excluding hydrogens is 300 g/mol. The van der Waals surface area contributed by atoms with Crippen molar-refractivity contribution in [1.29, 1.82) is 0 Å². The first kappa shape index (κ1) is 18.6. The van der Waals surface area contributed by atoms with Crippen molar-refractivity contribution in [3.05, 3.63) is 29.8 Å². The SMILES string of the molecule is CN=C(NCC(c1ccc(OC)cc1)N(C)C)NC1CCCCC1. The second-order valence-corrected chi connectivity index (χ2v) is 6.68. The summed E-state index contributed by atoms with van der Waals surface area (Å²) in [4.78, 5) is 6.62. The molecule has 1 aromatic carbocycles. The molecule has 1 aromatic rings. The van der Waals surface area contributed by atoms with Gasteiger partial charge in [-0.15, -0.1) is 0 Å². The Balaban J connectivity index is 1.93. The van der Waals surface area contributed by atoms with Crippen LogP contribution in [0.1, 0.15) is 43.7 Å². The van der Waals surface area contributed by atoms with Crippen LogP contribution in [0.15, 0.2) is 29.3 Å². The van der Waals surface area contributed by atoms with Crippen molar-refractivity contribution < 1.29 is 4.74 Å². The summed E-state index contributed by atoms with van der Waals surface area (Å²) in [7, 11) is 7.75. The van der Waals surface area contributed by atoms with Crippen molar-refractivity contribution in [2.75, 3.05) is 34.8 Å². The number of likely N-dealkylation sites (N-methyl/N-ethyl adjacent to an activating group) is 1. The van der Waals surface area contributed by atoms with Gasteiger partial charge in [-0.25, -0.2) is 0 Å². The van der Waals surface area contributed by atoms with Gasteiger partial charge in [0.15, 0.2) is 5.96 Å². The number of nitrogens with one attached hydrogen (secondary N) is 2. The Bertz CT molecular complexity index is 507. The Kier molecular flexibility index (Phi) is 7.37. The third-order valence-electron chi connectivity index (χ3n) is 4.76. The van der Waals surface area contributed by atoms with Crippen LogP contribution in [0.5, 0.6) is 5.75 Å². The van der Waals surface area contributed by atoms with Crippen molar-refractivity contribution in [3.8, 4) is 5.75 Å². The molecule has 1 fully saturated rings. The lowest BCUT2D eigenvalue weighted by molar-refractivity contribution is 0.297. The molecule has 1 aliphatic rings. The fourth-order valence-corrected chi connectivity index (χ4v) is 3.25. The molecule has 134 valence electrons. The van der Waals surface area contributed by atoms with Gasteiger partial charge >= 0.3 is 0 Å². The molecule has 1 atom stereocenters. The van der Waals surface area contributed by atoms with Crippen LogP contribution in [0.25, 0.3) is 0 Å². The summed E-state index contributed by atoms with van der Waals surface area (Å²) >= 11 is 0. The predicted molar refractivity (Wildman–Crippen MR) is 101 cm³/mol. The molecule has 2 N–H and O–H groups in total. The third-order valence-corrected chi connectivity index (χ3v) is 4.76. The fourth-order valence-electron chi connectivity index (χ4n) is 3.25. The highest BCUT2D eigenvalue weighted by Gasteiger charge is 2.17. The van der Waals surface area contributed by atoms with Crippen molar-refractivity contribution in [2.24, 2.45) is 4.99 Å². The molecule has 0 saturated heterocycles. The number of aliphatic imine (C=N–C) groups is 1. The lowest BCUT2D eigenvalue weighted by Crippen LogP contribution is -2.46.